The van der Waals surface area contributed by atoms with E-state index in [1.54, 1.807) is 0 Å². The lowest BCUT2D eigenvalue weighted by Crippen LogP contribution is -2.61. The highest BCUT2D eigenvalue weighted by molar-refractivity contribution is 5.75. The van der Waals surface area contributed by atoms with Gasteiger partial charge in [0.05, 0.1) is 19.8 Å². The molecule has 4 rings (SSSR count). The summed E-state index contributed by atoms with van der Waals surface area (Å²) in [5, 5.41) is 0. The van der Waals surface area contributed by atoms with Gasteiger partial charge in [0.1, 0.15) is 0 Å². The van der Waals surface area contributed by atoms with Gasteiger partial charge in [0.25, 0.3) is 0 Å². The molecule has 0 N–H and O–H groups in total. The van der Waals surface area contributed by atoms with Gasteiger partial charge in [-0.2, -0.15) is 0 Å². The second-order valence-electron chi connectivity index (χ2n) is 24.5. The highest BCUT2D eigenvalue weighted by Gasteiger charge is 2.64. The molecule has 4 saturated carbocycles. The van der Waals surface area contributed by atoms with Gasteiger partial charge in [-0.15, -0.1) is 0 Å². The summed E-state index contributed by atoms with van der Waals surface area (Å²) in [5.41, 5.74) is -1.27. The van der Waals surface area contributed by atoms with Gasteiger partial charge in [0.15, 0.2) is 12.3 Å². The van der Waals surface area contributed by atoms with Gasteiger partial charge < -0.3 is 19.1 Å². The maximum Gasteiger partial charge on any atom is 0.341 e. The van der Waals surface area contributed by atoms with Crippen LogP contribution < -0.4 is 0 Å². The molecule has 72 heavy (non-hydrogen) atoms. The van der Waals surface area contributed by atoms with Crippen molar-refractivity contribution in [2.75, 3.05) is 39.5 Å². The molecule has 9 heteroatoms. The Labute approximate surface area is 442 Å². The molecule has 422 valence electrons. The lowest BCUT2D eigenvalue weighted by molar-refractivity contribution is -0.215. The van der Waals surface area contributed by atoms with E-state index in [-0.39, 0.29) is 49.0 Å². The van der Waals surface area contributed by atoms with Crippen molar-refractivity contribution in [1.29, 1.82) is 0 Å². The lowest BCUT2D eigenvalue weighted by atomic mass is 9.40. The molecule has 7 nitrogen and oxygen atoms in total. The van der Waals surface area contributed by atoms with Crippen LogP contribution in [-0.4, -0.2) is 74.6 Å². The summed E-state index contributed by atoms with van der Waals surface area (Å²) in [6.07, 6.45) is 37.7. The van der Waals surface area contributed by atoms with Crippen molar-refractivity contribution in [2.24, 2.45) is 34.0 Å². The number of alkyl halides is 2. The zero-order chi connectivity index (χ0) is 52.3. The van der Waals surface area contributed by atoms with E-state index in [4.69, 9.17) is 14.2 Å². The predicted octanol–water partition coefficient (Wildman–Crippen LogP) is 18.2. The molecule has 0 heterocycles. The summed E-state index contributed by atoms with van der Waals surface area (Å²) in [7, 11) is 0. The van der Waals surface area contributed by atoms with Crippen LogP contribution in [0.2, 0.25) is 0 Å². The third-order valence-corrected chi connectivity index (χ3v) is 17.7. The van der Waals surface area contributed by atoms with E-state index in [1.165, 1.54) is 103 Å². The lowest BCUT2D eigenvalue weighted by Gasteiger charge is -2.66. The number of nitrogens with zero attached hydrogens (tertiary/aromatic N) is 1. The molecule has 0 spiro atoms. The Bertz CT molecular complexity index is 1290. The zero-order valence-corrected chi connectivity index (χ0v) is 48.1. The molecule has 4 bridgehead atoms. The highest BCUT2D eigenvalue weighted by Crippen LogP contribution is 2.70. The maximum absolute atomic E-state index is 16.6. The summed E-state index contributed by atoms with van der Waals surface area (Å²) < 4.78 is 51.7. The summed E-state index contributed by atoms with van der Waals surface area (Å²) in [4.78, 5) is 43.5. The van der Waals surface area contributed by atoms with E-state index in [9.17, 15) is 14.4 Å². The number of esters is 3. The smallest absolute Gasteiger partial charge is 0.341 e. The summed E-state index contributed by atoms with van der Waals surface area (Å²) in [6, 6.07) is 0. The SMILES string of the molecule is CCCCCCCCCC(CCCCCCCCC)C(F)C(=O)OCC12CC3CC(COC(=O)CCCN(CC)CC)(C1)CC(COC(=O)C(F)C(CCCCCCCCC)CCCCCCCCC)(C3)C2. The van der Waals surface area contributed by atoms with Crippen molar-refractivity contribution in [3.63, 3.8) is 0 Å². The minimum atomic E-state index is -1.66. The van der Waals surface area contributed by atoms with Gasteiger partial charge in [-0.3, -0.25) is 4.79 Å². The number of hydrogen-bond acceptors (Lipinski definition) is 7. The molecule has 0 aliphatic heterocycles. The van der Waals surface area contributed by atoms with Gasteiger partial charge in [0.2, 0.25) is 0 Å². The van der Waals surface area contributed by atoms with Crippen LogP contribution in [0.4, 0.5) is 8.78 Å². The minimum absolute atomic E-state index is 0.115. The minimum Gasteiger partial charge on any atom is -0.465 e. The van der Waals surface area contributed by atoms with E-state index < -0.39 is 35.1 Å². The van der Waals surface area contributed by atoms with Crippen molar-refractivity contribution in [3.05, 3.63) is 0 Å². The number of carbonyl (C=O) groups excluding carboxylic acids is 3. The number of halogens is 2. The van der Waals surface area contributed by atoms with E-state index in [0.29, 0.717) is 51.4 Å². The van der Waals surface area contributed by atoms with Crippen LogP contribution in [0.25, 0.3) is 0 Å². The van der Waals surface area contributed by atoms with Gasteiger partial charge in [-0.1, -0.05) is 221 Å². The molecular formula is C63H115F2NO6. The van der Waals surface area contributed by atoms with E-state index in [1.807, 2.05) is 0 Å². The third-order valence-electron chi connectivity index (χ3n) is 17.7. The second-order valence-corrected chi connectivity index (χ2v) is 24.5. The standard InChI is InChI=1S/C63H115F2NO6/c1-7-13-17-21-25-29-33-38-54(39-34-30-26-22-18-14-8-2)57(64)59(68)71-51-62-45-53-44-61(47-62,50-70-56(67)42-37-43-66(11-5)12-6)48-63(46-53,49-62)52-72-60(69)58(65)55(40-35-31-27-23-19-15-9-3)41-36-32-28-24-20-16-10-4/h53-55,57-58H,7-52H2,1-6H3. The quantitative estimate of drug-likeness (QED) is 0.0341. The fourth-order valence-electron chi connectivity index (χ4n) is 14.2. The monoisotopic (exact) mass is 1020 g/mol. The first-order valence-electron chi connectivity index (χ1n) is 31.4. The van der Waals surface area contributed by atoms with Crippen LogP contribution in [0.5, 0.6) is 0 Å². The Morgan fingerprint density at radius 3 is 1.03 bits per heavy atom. The van der Waals surface area contributed by atoms with Crippen LogP contribution >= 0.6 is 0 Å². The summed E-state index contributed by atoms with van der Waals surface area (Å²) >= 11 is 0. The molecule has 0 aromatic rings. The van der Waals surface area contributed by atoms with Crippen LogP contribution in [0.1, 0.15) is 298 Å². The second kappa shape index (κ2) is 37.9. The normalized spacial score (nSPS) is 22.3. The molecule has 0 saturated heterocycles. The molecule has 0 aromatic carbocycles. The first kappa shape index (κ1) is 64.5. The Morgan fingerprint density at radius 2 is 0.722 bits per heavy atom. The first-order valence-corrected chi connectivity index (χ1v) is 31.4. The van der Waals surface area contributed by atoms with Crippen molar-refractivity contribution in [1.82, 2.24) is 4.90 Å². The Hall–Kier alpha value is -1.77. The highest BCUT2D eigenvalue weighted by atomic mass is 19.1. The van der Waals surface area contributed by atoms with Crippen molar-refractivity contribution in [2.45, 2.75) is 311 Å². The van der Waals surface area contributed by atoms with Crippen LogP contribution in [0.15, 0.2) is 0 Å². The summed E-state index contributed by atoms with van der Waals surface area (Å²) in [5.74, 6) is -2.08. The summed E-state index contributed by atoms with van der Waals surface area (Å²) in [6.45, 7) is 16.4. The maximum atomic E-state index is 16.6. The molecule has 4 unspecified atom stereocenters. The Balaban J connectivity index is 1.75. The molecule has 4 aliphatic carbocycles. The van der Waals surface area contributed by atoms with Crippen molar-refractivity contribution < 1.29 is 37.4 Å². The molecule has 4 aliphatic rings. The van der Waals surface area contributed by atoms with Gasteiger partial charge in [-0.25, -0.2) is 18.4 Å². The number of carbonyl (C=O) groups is 3. The number of hydrogen-bond donors (Lipinski definition) is 0. The predicted molar refractivity (Wildman–Crippen MR) is 296 cm³/mol. The number of unbranched alkanes of at least 4 members (excludes halogenated alkanes) is 24. The van der Waals surface area contributed by atoms with E-state index >= 15 is 8.78 Å². The molecule has 0 aromatic heterocycles. The van der Waals surface area contributed by atoms with Crippen LogP contribution in [0, 0.1) is 34.0 Å². The van der Waals surface area contributed by atoms with Crippen molar-refractivity contribution >= 4 is 17.9 Å². The Kier molecular flexibility index (Phi) is 34.0. The van der Waals surface area contributed by atoms with Gasteiger partial charge in [0, 0.05) is 34.5 Å². The van der Waals surface area contributed by atoms with E-state index in [2.05, 4.69) is 46.4 Å². The fraction of sp³-hybridized carbons (Fsp3) is 0.952. The molecular weight excluding hydrogens is 905 g/mol. The topological polar surface area (TPSA) is 82.1 Å². The van der Waals surface area contributed by atoms with Crippen LogP contribution in [0.3, 0.4) is 0 Å². The van der Waals surface area contributed by atoms with E-state index in [0.717, 1.165) is 122 Å². The van der Waals surface area contributed by atoms with Crippen molar-refractivity contribution in [3.8, 4) is 0 Å². The average molecular weight is 1020 g/mol. The largest absolute Gasteiger partial charge is 0.465 e. The third kappa shape index (κ3) is 24.9. The van der Waals surface area contributed by atoms with Gasteiger partial charge in [-0.05, 0) is 96.2 Å². The van der Waals surface area contributed by atoms with Gasteiger partial charge >= 0.3 is 17.9 Å². The molecule has 0 amide bonds. The fourth-order valence-corrected chi connectivity index (χ4v) is 14.2. The van der Waals surface area contributed by atoms with Crippen LogP contribution in [-0.2, 0) is 28.6 Å². The number of ether oxygens (including phenoxy) is 3. The average Bonchev–Trinajstić information content (AvgIpc) is 3.37. The molecule has 0 radical (unpaired) electrons. The zero-order valence-electron chi connectivity index (χ0n) is 48.1. The number of rotatable bonds is 48. The Morgan fingerprint density at radius 1 is 0.431 bits per heavy atom. The first-order chi connectivity index (χ1) is 34.9. The molecule has 4 atom stereocenters. The molecule has 4 fully saturated rings.